The molecule has 1 rings (SSSR count). The van der Waals surface area contributed by atoms with Gasteiger partial charge in [0.05, 0.1) is 7.11 Å². The van der Waals surface area contributed by atoms with Gasteiger partial charge in [-0.05, 0) is 39.2 Å². The molecule has 0 spiro atoms. The number of nitrogens with zero attached hydrogens (tertiary/aromatic N) is 1. The minimum Gasteiger partial charge on any atom is -0.490 e. The first-order valence-corrected chi connectivity index (χ1v) is 6.39. The molecule has 0 aliphatic heterocycles. The molecule has 7 heteroatoms. The molecule has 0 aliphatic carbocycles. The first-order valence-electron chi connectivity index (χ1n) is 5.62. The van der Waals surface area contributed by atoms with Gasteiger partial charge in [0.25, 0.3) is 0 Å². The third-order valence-electron chi connectivity index (χ3n) is 2.12. The number of nitrogen functional groups attached to an aromatic ring is 1. The van der Waals surface area contributed by atoms with Crippen LogP contribution in [0, 0.1) is 0 Å². The Balaban J connectivity index is 2.69. The van der Waals surface area contributed by atoms with Gasteiger partial charge in [-0.25, -0.2) is 0 Å². The Kier molecular flexibility index (Phi) is 4.39. The number of nitrogens with one attached hydrogen (secondary N) is 2. The summed E-state index contributed by atoms with van der Waals surface area (Å²) in [6, 6.07) is -0.391. The van der Waals surface area contributed by atoms with Gasteiger partial charge in [-0.15, -0.1) is 0 Å². The minimum atomic E-state index is -0.391. The van der Waals surface area contributed by atoms with Crippen LogP contribution >= 0.6 is 11.5 Å². The van der Waals surface area contributed by atoms with E-state index in [-0.39, 0.29) is 11.4 Å². The highest BCUT2D eigenvalue weighted by Crippen LogP contribution is 2.35. The topological polar surface area (TPSA) is 89.3 Å². The monoisotopic (exact) mass is 272 g/mol. The van der Waals surface area contributed by atoms with Gasteiger partial charge in [-0.1, -0.05) is 0 Å². The van der Waals surface area contributed by atoms with Gasteiger partial charge in [0.15, 0.2) is 16.6 Å². The van der Waals surface area contributed by atoms with Crippen molar-refractivity contribution in [1.82, 2.24) is 9.69 Å². The summed E-state index contributed by atoms with van der Waals surface area (Å²) in [4.78, 5) is 11.9. The lowest BCUT2D eigenvalue weighted by molar-refractivity contribution is -0.122. The number of hydrogen-bond acceptors (Lipinski definition) is 6. The number of carbonyl (C=O) groups excluding carboxylic acids is 1. The minimum absolute atomic E-state index is 0.0866. The molecule has 1 amide bonds. The molecule has 0 aliphatic rings. The van der Waals surface area contributed by atoms with Gasteiger partial charge in [0.1, 0.15) is 6.04 Å². The first kappa shape index (κ1) is 14.6. The summed E-state index contributed by atoms with van der Waals surface area (Å²) < 4.78 is 9.10. The molecule has 1 heterocycles. The molecular formula is C11H20N4O2S. The van der Waals surface area contributed by atoms with E-state index in [1.807, 2.05) is 20.8 Å². The second kappa shape index (κ2) is 5.43. The number of aromatic nitrogens is 1. The van der Waals surface area contributed by atoms with E-state index in [0.717, 1.165) is 0 Å². The van der Waals surface area contributed by atoms with Crippen LogP contribution in [0.4, 0.5) is 10.8 Å². The maximum absolute atomic E-state index is 11.9. The molecular weight excluding hydrogens is 252 g/mol. The quantitative estimate of drug-likeness (QED) is 0.772. The molecule has 1 unspecified atom stereocenters. The van der Waals surface area contributed by atoms with E-state index in [1.165, 1.54) is 18.6 Å². The third-order valence-corrected chi connectivity index (χ3v) is 2.89. The molecule has 0 saturated carbocycles. The fourth-order valence-electron chi connectivity index (χ4n) is 1.32. The summed E-state index contributed by atoms with van der Waals surface area (Å²) in [5.41, 5.74) is 5.38. The van der Waals surface area contributed by atoms with Crippen molar-refractivity contribution in [2.75, 3.05) is 18.2 Å². The maximum atomic E-state index is 11.9. The number of nitrogens with two attached hydrogens (primary N) is 1. The summed E-state index contributed by atoms with van der Waals surface area (Å²) in [5.74, 6) is 0.723. The first-order chi connectivity index (χ1) is 8.24. The zero-order chi connectivity index (χ0) is 13.9. The Morgan fingerprint density at radius 2 is 2.11 bits per heavy atom. The largest absolute Gasteiger partial charge is 0.490 e. The number of carbonyl (C=O) groups is 1. The highest BCUT2D eigenvalue weighted by Gasteiger charge is 2.21. The molecule has 1 atom stereocenters. The molecule has 18 heavy (non-hydrogen) atoms. The summed E-state index contributed by atoms with van der Waals surface area (Å²) >= 11 is 1.17. The van der Waals surface area contributed by atoms with Gasteiger partial charge in [0, 0.05) is 5.54 Å². The van der Waals surface area contributed by atoms with Gasteiger partial charge in [-0.3, -0.25) is 4.79 Å². The van der Waals surface area contributed by atoms with Crippen LogP contribution in [0.2, 0.25) is 0 Å². The molecule has 0 aromatic carbocycles. The summed E-state index contributed by atoms with van der Waals surface area (Å²) in [6.45, 7) is 7.57. The number of hydrogen-bond donors (Lipinski definition) is 3. The summed E-state index contributed by atoms with van der Waals surface area (Å²) in [7, 11) is 1.52. The van der Waals surface area contributed by atoms with Crippen molar-refractivity contribution in [3.8, 4) is 5.75 Å². The molecule has 0 saturated heterocycles. The molecule has 1 aromatic rings. The standard InChI is InChI=1S/C11H20N4O2S/c1-6(9(16)14-11(2,3)4)13-10-7(17-5)8(12)15-18-10/h6,13H,1-5H3,(H2,12,15)(H,14,16). The zero-order valence-electron chi connectivity index (χ0n) is 11.3. The number of ether oxygens (including phenoxy) is 1. The van der Waals surface area contributed by atoms with Gasteiger partial charge >= 0.3 is 0 Å². The average molecular weight is 272 g/mol. The zero-order valence-corrected chi connectivity index (χ0v) is 12.1. The molecule has 0 radical (unpaired) electrons. The Labute approximate surface area is 111 Å². The SMILES string of the molecule is COc1c(N)nsc1NC(C)C(=O)NC(C)(C)C. The second-order valence-electron chi connectivity index (χ2n) is 5.04. The Morgan fingerprint density at radius 1 is 1.50 bits per heavy atom. The number of rotatable bonds is 4. The van der Waals surface area contributed by atoms with Crippen LogP contribution in [-0.2, 0) is 4.79 Å². The van der Waals surface area contributed by atoms with E-state index >= 15 is 0 Å². The fourth-order valence-corrected chi connectivity index (χ4v) is 2.10. The lowest BCUT2D eigenvalue weighted by Gasteiger charge is -2.23. The van der Waals surface area contributed by atoms with E-state index in [4.69, 9.17) is 10.5 Å². The van der Waals surface area contributed by atoms with E-state index in [9.17, 15) is 4.79 Å². The van der Waals surface area contributed by atoms with Crippen LogP contribution in [0.5, 0.6) is 5.75 Å². The molecule has 0 bridgehead atoms. The van der Waals surface area contributed by atoms with Crippen molar-refractivity contribution < 1.29 is 9.53 Å². The maximum Gasteiger partial charge on any atom is 0.242 e. The van der Waals surface area contributed by atoms with E-state index in [0.29, 0.717) is 16.6 Å². The van der Waals surface area contributed by atoms with Crippen molar-refractivity contribution in [2.24, 2.45) is 0 Å². The van der Waals surface area contributed by atoms with Crippen LogP contribution in [-0.4, -0.2) is 29.0 Å². The smallest absolute Gasteiger partial charge is 0.242 e. The van der Waals surface area contributed by atoms with Crippen molar-refractivity contribution in [3.05, 3.63) is 0 Å². The van der Waals surface area contributed by atoms with Crippen LogP contribution in [0.15, 0.2) is 0 Å². The van der Waals surface area contributed by atoms with E-state index < -0.39 is 6.04 Å². The van der Waals surface area contributed by atoms with Crippen molar-refractivity contribution >= 4 is 28.3 Å². The lowest BCUT2D eigenvalue weighted by Crippen LogP contribution is -2.47. The van der Waals surface area contributed by atoms with Crippen LogP contribution in [0.25, 0.3) is 0 Å². The van der Waals surface area contributed by atoms with E-state index in [2.05, 4.69) is 15.0 Å². The fraction of sp³-hybridized carbons (Fsp3) is 0.636. The van der Waals surface area contributed by atoms with Gasteiger partial charge < -0.3 is 21.1 Å². The van der Waals surface area contributed by atoms with Crippen LogP contribution in [0.1, 0.15) is 27.7 Å². The molecule has 6 nitrogen and oxygen atoms in total. The lowest BCUT2D eigenvalue weighted by atomic mass is 10.1. The number of methoxy groups -OCH3 is 1. The highest BCUT2D eigenvalue weighted by molar-refractivity contribution is 7.11. The predicted molar refractivity (Wildman–Crippen MR) is 74.1 cm³/mol. The molecule has 1 aromatic heterocycles. The number of amides is 1. The van der Waals surface area contributed by atoms with Crippen molar-refractivity contribution in [3.63, 3.8) is 0 Å². The summed E-state index contributed by atoms with van der Waals surface area (Å²) in [5, 5.41) is 6.60. The highest BCUT2D eigenvalue weighted by atomic mass is 32.1. The third kappa shape index (κ3) is 3.76. The molecule has 102 valence electrons. The predicted octanol–water partition coefficient (Wildman–Crippen LogP) is 1.45. The molecule has 4 N–H and O–H groups in total. The Bertz CT molecular complexity index is 425. The van der Waals surface area contributed by atoms with Gasteiger partial charge in [-0.2, -0.15) is 4.37 Å². The number of anilines is 2. The summed E-state index contributed by atoms with van der Waals surface area (Å²) in [6.07, 6.45) is 0. The van der Waals surface area contributed by atoms with Crippen molar-refractivity contribution in [1.29, 1.82) is 0 Å². The Hall–Kier alpha value is -1.50. The van der Waals surface area contributed by atoms with Crippen LogP contribution in [0.3, 0.4) is 0 Å². The average Bonchev–Trinajstić information content (AvgIpc) is 2.56. The van der Waals surface area contributed by atoms with Crippen LogP contribution < -0.4 is 21.1 Å². The van der Waals surface area contributed by atoms with Gasteiger partial charge in [0.2, 0.25) is 5.91 Å². The normalized spacial score (nSPS) is 12.9. The molecule has 0 fully saturated rings. The van der Waals surface area contributed by atoms with E-state index in [1.54, 1.807) is 6.92 Å². The Morgan fingerprint density at radius 3 is 2.61 bits per heavy atom. The van der Waals surface area contributed by atoms with Crippen molar-refractivity contribution in [2.45, 2.75) is 39.3 Å². The second-order valence-corrected chi connectivity index (χ2v) is 5.81.